The van der Waals surface area contributed by atoms with Gasteiger partial charge in [0.2, 0.25) is 0 Å². The molecule has 0 N–H and O–H groups in total. The highest BCUT2D eigenvalue weighted by Crippen LogP contribution is 2.50. The third kappa shape index (κ3) is 3.59. The average Bonchev–Trinajstić information content (AvgIpc) is 3.24. The van der Waals surface area contributed by atoms with Gasteiger partial charge in [-0.15, -0.1) is 0 Å². The zero-order valence-electron chi connectivity index (χ0n) is 29.7. The number of ether oxygens (including phenoxy) is 4. The van der Waals surface area contributed by atoms with Crippen LogP contribution in [0.1, 0.15) is 0 Å². The van der Waals surface area contributed by atoms with E-state index in [2.05, 4.69) is 155 Å². The Labute approximate surface area is 322 Å². The van der Waals surface area contributed by atoms with E-state index in [9.17, 15) is 0 Å². The van der Waals surface area contributed by atoms with Gasteiger partial charge >= 0.3 is 0 Å². The summed E-state index contributed by atoms with van der Waals surface area (Å²) in [5.74, 6) is 6.80. The van der Waals surface area contributed by atoms with Gasteiger partial charge in [-0.2, -0.15) is 0 Å². The molecule has 0 amide bonds. The Morgan fingerprint density at radius 2 is 0.625 bits per heavy atom. The minimum Gasteiger partial charge on any atom is -0.458 e. The van der Waals surface area contributed by atoms with Crippen LogP contribution >= 0.6 is 0 Å². The first-order valence-corrected chi connectivity index (χ1v) is 19.1. The fourth-order valence-corrected chi connectivity index (χ4v) is 10.2. The second-order valence-corrected chi connectivity index (χ2v) is 15.1. The molecule has 6 nitrogen and oxygen atoms in total. The molecule has 6 aliphatic rings. The number of anilines is 6. The summed E-state index contributed by atoms with van der Waals surface area (Å²) in [6.07, 6.45) is 0. The lowest BCUT2D eigenvalue weighted by molar-refractivity contribution is 0.463. The molecule has 6 aliphatic heterocycles. The van der Waals surface area contributed by atoms with E-state index < -0.39 is 0 Å². The highest BCUT2D eigenvalue weighted by atomic mass is 16.5. The Balaban J connectivity index is 1.05. The van der Waals surface area contributed by atoms with Gasteiger partial charge in [0.05, 0.1) is 0 Å². The number of benzene rings is 8. The van der Waals surface area contributed by atoms with Gasteiger partial charge in [0.25, 0.3) is 13.4 Å². The Kier molecular flexibility index (Phi) is 5.33. The number of hydrogen-bond donors (Lipinski definition) is 0. The SMILES string of the molecule is c1ccc(N2c3cccc4c3B3c5c(cccc5Oc5cc(-c6cc7c8c(c6)N(c6ccccc6)c6cccc9c6B8c6c(cccc6O7)O9)cc2c53)O4)cc1. The molecule has 8 aromatic rings. The molecule has 0 unspecified atom stereocenters. The summed E-state index contributed by atoms with van der Waals surface area (Å²) in [4.78, 5) is 4.74. The summed E-state index contributed by atoms with van der Waals surface area (Å²) in [6.45, 7) is -0.0548. The molecule has 0 bridgehead atoms. The molecule has 8 heteroatoms. The van der Waals surface area contributed by atoms with Gasteiger partial charge in [-0.1, -0.05) is 60.7 Å². The van der Waals surface area contributed by atoms with Gasteiger partial charge in [0.15, 0.2) is 0 Å². The third-order valence-corrected chi connectivity index (χ3v) is 12.3. The van der Waals surface area contributed by atoms with Crippen molar-refractivity contribution in [1.29, 1.82) is 0 Å². The minimum absolute atomic E-state index is 0.0274. The third-order valence-electron chi connectivity index (χ3n) is 12.3. The van der Waals surface area contributed by atoms with Crippen LogP contribution in [-0.4, -0.2) is 13.4 Å². The maximum atomic E-state index is 6.93. The van der Waals surface area contributed by atoms with Crippen LogP contribution in [0, 0.1) is 0 Å². The van der Waals surface area contributed by atoms with Gasteiger partial charge in [0.1, 0.15) is 46.0 Å². The summed E-state index contributed by atoms with van der Waals surface area (Å²) in [5, 5.41) is 0. The van der Waals surface area contributed by atoms with Gasteiger partial charge in [0, 0.05) is 45.0 Å². The molecular formula is C48H26B2N2O4. The van der Waals surface area contributed by atoms with Crippen molar-refractivity contribution in [2.45, 2.75) is 0 Å². The molecule has 258 valence electrons. The topological polar surface area (TPSA) is 43.4 Å². The minimum atomic E-state index is -0.0274. The second-order valence-electron chi connectivity index (χ2n) is 15.1. The van der Waals surface area contributed by atoms with Crippen molar-refractivity contribution < 1.29 is 18.9 Å². The first-order valence-electron chi connectivity index (χ1n) is 19.1. The predicted molar refractivity (Wildman–Crippen MR) is 224 cm³/mol. The van der Waals surface area contributed by atoms with E-state index in [0.29, 0.717) is 0 Å². The Bertz CT molecular complexity index is 2870. The zero-order valence-corrected chi connectivity index (χ0v) is 29.7. The number of nitrogens with zero attached hydrogens (tertiary/aromatic N) is 2. The van der Waals surface area contributed by atoms with E-state index >= 15 is 0 Å². The lowest BCUT2D eigenvalue weighted by atomic mass is 9.33. The highest BCUT2D eigenvalue weighted by Gasteiger charge is 2.49. The fraction of sp³-hybridized carbons (Fsp3) is 0. The summed E-state index contributed by atoms with van der Waals surface area (Å²) >= 11 is 0. The van der Waals surface area contributed by atoms with Crippen LogP contribution in [0.4, 0.5) is 34.1 Å². The van der Waals surface area contributed by atoms with Crippen molar-refractivity contribution in [2.75, 3.05) is 9.80 Å². The first kappa shape index (κ1) is 29.1. The van der Waals surface area contributed by atoms with Crippen molar-refractivity contribution in [3.05, 3.63) is 158 Å². The van der Waals surface area contributed by atoms with Crippen molar-refractivity contribution in [2.24, 2.45) is 0 Å². The number of rotatable bonds is 3. The molecule has 0 saturated carbocycles. The van der Waals surface area contributed by atoms with Gasteiger partial charge < -0.3 is 28.7 Å². The molecule has 56 heavy (non-hydrogen) atoms. The van der Waals surface area contributed by atoms with Gasteiger partial charge in [-0.05, 0) is 130 Å². The maximum absolute atomic E-state index is 6.93. The Morgan fingerprint density at radius 1 is 0.286 bits per heavy atom. The van der Waals surface area contributed by atoms with Crippen LogP contribution < -0.4 is 61.5 Å². The quantitative estimate of drug-likeness (QED) is 0.171. The van der Waals surface area contributed by atoms with Gasteiger partial charge in [-0.25, -0.2) is 0 Å². The van der Waals surface area contributed by atoms with E-state index in [0.717, 1.165) is 113 Å². The maximum Gasteiger partial charge on any atom is 0.266 e. The van der Waals surface area contributed by atoms with E-state index in [4.69, 9.17) is 18.9 Å². The largest absolute Gasteiger partial charge is 0.458 e. The fourth-order valence-electron chi connectivity index (χ4n) is 10.2. The molecule has 14 rings (SSSR count). The van der Waals surface area contributed by atoms with Crippen molar-refractivity contribution in [3.8, 4) is 57.1 Å². The summed E-state index contributed by atoms with van der Waals surface area (Å²) < 4.78 is 27.1. The van der Waals surface area contributed by atoms with E-state index in [-0.39, 0.29) is 13.4 Å². The van der Waals surface area contributed by atoms with Crippen LogP contribution in [0.25, 0.3) is 11.1 Å². The van der Waals surface area contributed by atoms with Gasteiger partial charge in [-0.3, -0.25) is 0 Å². The molecule has 0 atom stereocenters. The lowest BCUT2D eigenvalue weighted by Gasteiger charge is -2.43. The van der Waals surface area contributed by atoms with Crippen molar-refractivity contribution >= 4 is 80.3 Å². The van der Waals surface area contributed by atoms with Crippen LogP contribution in [0.2, 0.25) is 0 Å². The van der Waals surface area contributed by atoms with E-state index in [1.165, 1.54) is 10.9 Å². The predicted octanol–water partition coefficient (Wildman–Crippen LogP) is 8.38. The smallest absolute Gasteiger partial charge is 0.266 e. The number of hydrogen-bond acceptors (Lipinski definition) is 6. The van der Waals surface area contributed by atoms with Crippen LogP contribution in [0.5, 0.6) is 46.0 Å². The first-order chi connectivity index (χ1) is 27.8. The molecule has 6 heterocycles. The van der Waals surface area contributed by atoms with Crippen LogP contribution in [0.3, 0.4) is 0 Å². The highest BCUT2D eigenvalue weighted by molar-refractivity contribution is 7.01. The molecule has 0 radical (unpaired) electrons. The van der Waals surface area contributed by atoms with Crippen molar-refractivity contribution in [3.63, 3.8) is 0 Å². The Morgan fingerprint density at radius 3 is 1.04 bits per heavy atom. The van der Waals surface area contributed by atoms with Crippen LogP contribution in [0.15, 0.2) is 158 Å². The molecule has 0 saturated heterocycles. The van der Waals surface area contributed by atoms with Crippen molar-refractivity contribution in [1.82, 2.24) is 0 Å². The Hall–Kier alpha value is -7.31. The van der Waals surface area contributed by atoms with Crippen LogP contribution in [-0.2, 0) is 0 Å². The molecule has 0 aromatic heterocycles. The number of para-hydroxylation sites is 2. The van der Waals surface area contributed by atoms with E-state index in [1.54, 1.807) is 0 Å². The monoisotopic (exact) mass is 716 g/mol. The summed E-state index contributed by atoms with van der Waals surface area (Å²) in [6, 6.07) is 55.4. The lowest BCUT2D eigenvalue weighted by Crippen LogP contribution is -2.61. The summed E-state index contributed by atoms with van der Waals surface area (Å²) in [5.41, 5.74) is 15.4. The molecule has 0 aliphatic carbocycles. The second kappa shape index (κ2) is 10.3. The zero-order chi connectivity index (χ0) is 36.2. The van der Waals surface area contributed by atoms with E-state index in [1.807, 2.05) is 12.1 Å². The summed E-state index contributed by atoms with van der Waals surface area (Å²) in [7, 11) is 0. The molecule has 0 fully saturated rings. The molecule has 0 spiro atoms. The average molecular weight is 716 g/mol. The normalized spacial score (nSPS) is 14.5. The molecule has 8 aromatic carbocycles. The standard InChI is InChI=1S/C48H26B2N2O4/c1-3-11-29(12-4-1)51-31-15-7-17-35-43(31)49-45-33(51)23-27(25-41(45)55-39-21-9-19-37(53-35)47(39)49)28-24-34-46-42(26-28)56-40-22-10-20-38-48(40)50(46)44-32(16-8-18-36(44)54-38)52(34)30-13-5-2-6-14-30/h1-26H. The molecular weight excluding hydrogens is 690 g/mol.